The van der Waals surface area contributed by atoms with Gasteiger partial charge in [0.2, 0.25) is 0 Å². The van der Waals surface area contributed by atoms with Crippen LogP contribution in [0.25, 0.3) is 0 Å². The minimum absolute atomic E-state index is 0.193. The lowest BCUT2D eigenvalue weighted by atomic mass is 10.1. The van der Waals surface area contributed by atoms with Gasteiger partial charge in [-0.3, -0.25) is 9.78 Å². The van der Waals surface area contributed by atoms with Crippen molar-refractivity contribution in [2.24, 2.45) is 0 Å². The van der Waals surface area contributed by atoms with Crippen LogP contribution in [0.15, 0.2) is 47.3 Å². The number of Topliss-reactive ketones (excluding diaryl/α,β-unsaturated/α-hetero) is 1. The predicted molar refractivity (Wildman–Crippen MR) is 60.0 cm³/mol. The van der Waals surface area contributed by atoms with Gasteiger partial charge in [0.05, 0.1) is 12.7 Å². The number of ketones is 1. The van der Waals surface area contributed by atoms with Gasteiger partial charge in [-0.15, -0.1) is 0 Å². The van der Waals surface area contributed by atoms with Crippen LogP contribution >= 0.6 is 0 Å². The number of furan rings is 1. The summed E-state index contributed by atoms with van der Waals surface area (Å²) in [6.45, 7) is 0. The maximum Gasteiger partial charge on any atom is 0.140 e. The lowest BCUT2D eigenvalue weighted by molar-refractivity contribution is -0.118. The number of aryl methyl sites for hydroxylation is 1. The number of rotatable bonds is 5. The summed E-state index contributed by atoms with van der Waals surface area (Å²) in [6, 6.07) is 7.48. The molecule has 0 saturated carbocycles. The van der Waals surface area contributed by atoms with Gasteiger partial charge in [-0.05, 0) is 30.2 Å². The van der Waals surface area contributed by atoms with Crippen molar-refractivity contribution in [3.8, 4) is 0 Å². The van der Waals surface area contributed by atoms with E-state index < -0.39 is 0 Å². The Balaban J connectivity index is 1.80. The summed E-state index contributed by atoms with van der Waals surface area (Å²) in [5.74, 6) is 0.926. The van der Waals surface area contributed by atoms with Gasteiger partial charge in [0.15, 0.2) is 0 Å². The monoisotopic (exact) mass is 215 g/mol. The van der Waals surface area contributed by atoms with Crippen molar-refractivity contribution in [2.75, 3.05) is 0 Å². The number of nitrogens with zero attached hydrogens (tertiary/aromatic N) is 1. The van der Waals surface area contributed by atoms with E-state index in [1.54, 1.807) is 24.7 Å². The maximum absolute atomic E-state index is 11.6. The molecule has 2 rings (SSSR count). The molecule has 0 aliphatic carbocycles. The van der Waals surface area contributed by atoms with Crippen molar-refractivity contribution in [3.63, 3.8) is 0 Å². The van der Waals surface area contributed by atoms with Crippen LogP contribution in [0, 0.1) is 0 Å². The molecule has 3 heteroatoms. The van der Waals surface area contributed by atoms with Crippen LogP contribution < -0.4 is 0 Å². The molecule has 2 aromatic heterocycles. The first-order valence-electron chi connectivity index (χ1n) is 5.27. The van der Waals surface area contributed by atoms with Crippen molar-refractivity contribution >= 4 is 5.78 Å². The second-order valence-corrected chi connectivity index (χ2v) is 3.66. The van der Waals surface area contributed by atoms with E-state index in [1.807, 2.05) is 18.2 Å². The van der Waals surface area contributed by atoms with Gasteiger partial charge in [0.1, 0.15) is 11.5 Å². The molecule has 82 valence electrons. The van der Waals surface area contributed by atoms with Gasteiger partial charge in [-0.25, -0.2) is 0 Å². The molecule has 0 aromatic carbocycles. The zero-order chi connectivity index (χ0) is 11.2. The van der Waals surface area contributed by atoms with Crippen LogP contribution in [0.5, 0.6) is 0 Å². The highest BCUT2D eigenvalue weighted by atomic mass is 16.3. The molecule has 2 aromatic rings. The molecule has 0 unspecified atom stereocenters. The summed E-state index contributed by atoms with van der Waals surface area (Å²) in [5.41, 5.74) is 1.09. The first kappa shape index (κ1) is 10.6. The van der Waals surface area contributed by atoms with Gasteiger partial charge in [-0.2, -0.15) is 0 Å². The number of hydrogen-bond acceptors (Lipinski definition) is 3. The zero-order valence-corrected chi connectivity index (χ0v) is 8.93. The highest BCUT2D eigenvalue weighted by molar-refractivity contribution is 5.80. The van der Waals surface area contributed by atoms with E-state index in [0.29, 0.717) is 12.8 Å². The number of pyridine rings is 1. The Hall–Kier alpha value is -1.90. The second kappa shape index (κ2) is 5.26. The number of aromatic nitrogens is 1. The first-order chi connectivity index (χ1) is 7.84. The third-order valence-electron chi connectivity index (χ3n) is 2.37. The van der Waals surface area contributed by atoms with Crippen molar-refractivity contribution in [2.45, 2.75) is 19.3 Å². The van der Waals surface area contributed by atoms with E-state index >= 15 is 0 Å². The van der Waals surface area contributed by atoms with E-state index in [0.717, 1.165) is 17.7 Å². The van der Waals surface area contributed by atoms with E-state index in [2.05, 4.69) is 4.98 Å². The lowest BCUT2D eigenvalue weighted by Gasteiger charge is -1.99. The first-order valence-corrected chi connectivity index (χ1v) is 5.27. The third kappa shape index (κ3) is 3.05. The Morgan fingerprint density at radius 2 is 2.25 bits per heavy atom. The smallest absolute Gasteiger partial charge is 0.140 e. The Labute approximate surface area is 94.1 Å². The van der Waals surface area contributed by atoms with Crippen LogP contribution in [-0.2, 0) is 17.6 Å². The lowest BCUT2D eigenvalue weighted by Crippen LogP contribution is -2.03. The molecule has 0 aliphatic heterocycles. The zero-order valence-electron chi connectivity index (χ0n) is 8.93. The van der Waals surface area contributed by atoms with Crippen molar-refractivity contribution in [1.29, 1.82) is 0 Å². The quantitative estimate of drug-likeness (QED) is 0.769. The second-order valence-electron chi connectivity index (χ2n) is 3.66. The standard InChI is InChI=1S/C13H13NO2/c15-12(9-13-4-2-8-16-13)6-5-11-3-1-7-14-10-11/h1-4,7-8,10H,5-6,9H2. The minimum Gasteiger partial charge on any atom is -0.469 e. The molecule has 0 N–H and O–H groups in total. The summed E-state index contributed by atoms with van der Waals surface area (Å²) in [7, 11) is 0. The van der Waals surface area contributed by atoms with Crippen molar-refractivity contribution in [3.05, 3.63) is 54.2 Å². The van der Waals surface area contributed by atoms with Crippen molar-refractivity contribution in [1.82, 2.24) is 4.98 Å². The molecular weight excluding hydrogens is 202 g/mol. The summed E-state index contributed by atoms with van der Waals surface area (Å²) < 4.78 is 5.12. The van der Waals surface area contributed by atoms with Crippen LogP contribution in [0.4, 0.5) is 0 Å². The molecular formula is C13H13NO2. The SMILES string of the molecule is O=C(CCc1cccnc1)Cc1ccco1. The number of carbonyl (C=O) groups excluding carboxylic acids is 1. The maximum atomic E-state index is 11.6. The fourth-order valence-corrected chi connectivity index (χ4v) is 1.53. The molecule has 0 spiro atoms. The average Bonchev–Trinajstić information content (AvgIpc) is 2.81. The molecule has 0 aliphatic rings. The van der Waals surface area contributed by atoms with E-state index in [9.17, 15) is 4.79 Å². The average molecular weight is 215 g/mol. The highest BCUT2D eigenvalue weighted by Gasteiger charge is 2.06. The van der Waals surface area contributed by atoms with Crippen LogP contribution in [0.1, 0.15) is 17.7 Å². The fraction of sp³-hybridized carbons (Fsp3) is 0.231. The molecule has 0 saturated heterocycles. The Kier molecular flexibility index (Phi) is 3.49. The molecule has 2 heterocycles. The molecule has 3 nitrogen and oxygen atoms in total. The van der Waals surface area contributed by atoms with E-state index in [-0.39, 0.29) is 5.78 Å². The Morgan fingerprint density at radius 1 is 1.31 bits per heavy atom. The number of carbonyl (C=O) groups is 1. The molecule has 0 fully saturated rings. The number of hydrogen-bond donors (Lipinski definition) is 0. The van der Waals surface area contributed by atoms with Gasteiger partial charge < -0.3 is 4.42 Å². The van der Waals surface area contributed by atoms with Crippen LogP contribution in [0.3, 0.4) is 0 Å². The van der Waals surface area contributed by atoms with Gasteiger partial charge in [-0.1, -0.05) is 6.07 Å². The van der Waals surface area contributed by atoms with Crippen LogP contribution in [-0.4, -0.2) is 10.8 Å². The van der Waals surface area contributed by atoms with E-state index in [1.165, 1.54) is 0 Å². The normalized spacial score (nSPS) is 10.2. The predicted octanol–water partition coefficient (Wildman–Crippen LogP) is 2.42. The molecule has 0 bridgehead atoms. The molecule has 0 amide bonds. The summed E-state index contributed by atoms with van der Waals surface area (Å²) in [6.07, 6.45) is 6.77. The molecule has 0 atom stereocenters. The minimum atomic E-state index is 0.193. The molecule has 0 radical (unpaired) electrons. The van der Waals surface area contributed by atoms with E-state index in [4.69, 9.17) is 4.42 Å². The topological polar surface area (TPSA) is 43.1 Å². The van der Waals surface area contributed by atoms with Crippen LogP contribution in [0.2, 0.25) is 0 Å². The Morgan fingerprint density at radius 3 is 2.94 bits per heavy atom. The van der Waals surface area contributed by atoms with Crippen molar-refractivity contribution < 1.29 is 9.21 Å². The fourth-order valence-electron chi connectivity index (χ4n) is 1.53. The Bertz CT molecular complexity index is 434. The highest BCUT2D eigenvalue weighted by Crippen LogP contribution is 2.06. The summed E-state index contributed by atoms with van der Waals surface area (Å²) in [5, 5.41) is 0. The summed E-state index contributed by atoms with van der Waals surface area (Å²) in [4.78, 5) is 15.6. The summed E-state index contributed by atoms with van der Waals surface area (Å²) >= 11 is 0. The molecule has 16 heavy (non-hydrogen) atoms. The van der Waals surface area contributed by atoms with Gasteiger partial charge >= 0.3 is 0 Å². The third-order valence-corrected chi connectivity index (χ3v) is 2.37. The largest absolute Gasteiger partial charge is 0.469 e. The van der Waals surface area contributed by atoms with Gasteiger partial charge in [0.25, 0.3) is 0 Å². The van der Waals surface area contributed by atoms with Gasteiger partial charge in [0, 0.05) is 18.8 Å².